The van der Waals surface area contributed by atoms with Crippen LogP contribution in [0.2, 0.25) is 0 Å². The van der Waals surface area contributed by atoms with Crippen molar-refractivity contribution in [2.75, 3.05) is 11.4 Å². The van der Waals surface area contributed by atoms with E-state index in [-0.39, 0.29) is 0 Å². The minimum Gasteiger partial charge on any atom is -0.313 e. The Bertz CT molecular complexity index is 671. The molecule has 0 radical (unpaired) electrons. The lowest BCUT2D eigenvalue weighted by Gasteiger charge is -2.24. The van der Waals surface area contributed by atoms with Crippen molar-refractivity contribution in [1.29, 1.82) is 0 Å². The second-order valence-electron chi connectivity index (χ2n) is 4.89. The van der Waals surface area contributed by atoms with Crippen molar-refractivity contribution in [2.24, 2.45) is 4.99 Å². The molecule has 19 heavy (non-hydrogen) atoms. The zero-order valence-corrected chi connectivity index (χ0v) is 10.5. The number of fused-ring (bicyclic) bond motifs is 3. The summed E-state index contributed by atoms with van der Waals surface area (Å²) in [6, 6.07) is 19.2. The molecule has 0 amide bonds. The van der Waals surface area contributed by atoms with E-state index in [1.165, 1.54) is 22.6 Å². The molecular formula is C17H14N2. The van der Waals surface area contributed by atoms with Crippen molar-refractivity contribution in [3.63, 3.8) is 0 Å². The molecule has 0 spiro atoms. The Morgan fingerprint density at radius 1 is 0.947 bits per heavy atom. The van der Waals surface area contributed by atoms with E-state index in [1.54, 1.807) is 0 Å². The molecule has 0 N–H and O–H groups in total. The van der Waals surface area contributed by atoms with Gasteiger partial charge in [0.15, 0.2) is 0 Å². The molecule has 1 atom stereocenters. The fourth-order valence-electron chi connectivity index (χ4n) is 2.98. The predicted molar refractivity (Wildman–Crippen MR) is 79.2 cm³/mol. The van der Waals surface area contributed by atoms with E-state index in [2.05, 4.69) is 70.6 Å². The van der Waals surface area contributed by atoms with E-state index in [4.69, 9.17) is 0 Å². The standard InChI is InChI=1S/C17H14N2/c1-2-6-13(7-3-1)19-16-9-5-4-8-14(16)15-12-18-11-10-17(15)19/h1-11,15H,12H2. The summed E-state index contributed by atoms with van der Waals surface area (Å²) in [5.74, 6) is 0.404. The fraction of sp³-hybridized carbons (Fsp3) is 0.118. The zero-order valence-electron chi connectivity index (χ0n) is 10.5. The summed E-state index contributed by atoms with van der Waals surface area (Å²) in [6.07, 6.45) is 4.06. The van der Waals surface area contributed by atoms with E-state index in [0.29, 0.717) is 5.92 Å². The molecule has 4 rings (SSSR count). The Morgan fingerprint density at radius 3 is 2.63 bits per heavy atom. The van der Waals surface area contributed by atoms with Crippen LogP contribution in [-0.4, -0.2) is 12.8 Å². The topological polar surface area (TPSA) is 15.6 Å². The van der Waals surface area contributed by atoms with Crippen molar-refractivity contribution in [2.45, 2.75) is 5.92 Å². The summed E-state index contributed by atoms with van der Waals surface area (Å²) < 4.78 is 0. The van der Waals surface area contributed by atoms with Crippen LogP contribution in [0.25, 0.3) is 0 Å². The van der Waals surface area contributed by atoms with E-state index in [0.717, 1.165) is 6.54 Å². The van der Waals surface area contributed by atoms with Crippen LogP contribution in [0.4, 0.5) is 11.4 Å². The molecule has 1 unspecified atom stereocenters. The molecule has 0 saturated heterocycles. The molecule has 2 aromatic rings. The maximum Gasteiger partial charge on any atom is 0.0514 e. The van der Waals surface area contributed by atoms with Crippen LogP contribution in [0.3, 0.4) is 0 Å². The number of dihydropyridines is 1. The molecule has 2 heterocycles. The summed E-state index contributed by atoms with van der Waals surface area (Å²) in [4.78, 5) is 6.77. The van der Waals surface area contributed by atoms with Gasteiger partial charge in [-0.1, -0.05) is 36.4 Å². The Kier molecular flexibility index (Phi) is 2.27. The van der Waals surface area contributed by atoms with Crippen LogP contribution < -0.4 is 4.90 Å². The normalized spacial score (nSPS) is 19.9. The van der Waals surface area contributed by atoms with Gasteiger partial charge < -0.3 is 4.90 Å². The highest BCUT2D eigenvalue weighted by molar-refractivity contribution is 5.84. The molecule has 2 heteroatoms. The number of nitrogens with zero attached hydrogens (tertiary/aromatic N) is 2. The predicted octanol–water partition coefficient (Wildman–Crippen LogP) is 3.89. The second-order valence-corrected chi connectivity index (χ2v) is 4.89. The molecule has 2 nitrogen and oxygen atoms in total. The third-order valence-electron chi connectivity index (χ3n) is 3.82. The minimum absolute atomic E-state index is 0.404. The van der Waals surface area contributed by atoms with Crippen molar-refractivity contribution >= 4 is 17.6 Å². The Labute approximate surface area is 112 Å². The minimum atomic E-state index is 0.404. The van der Waals surface area contributed by atoms with Crippen molar-refractivity contribution in [1.82, 2.24) is 0 Å². The summed E-state index contributed by atoms with van der Waals surface area (Å²) in [5.41, 5.74) is 5.23. The Morgan fingerprint density at radius 2 is 1.74 bits per heavy atom. The zero-order chi connectivity index (χ0) is 12.7. The Balaban J connectivity index is 1.94. The van der Waals surface area contributed by atoms with Crippen LogP contribution in [0.1, 0.15) is 11.5 Å². The first-order valence-electron chi connectivity index (χ1n) is 6.59. The van der Waals surface area contributed by atoms with Crippen LogP contribution in [0.15, 0.2) is 71.4 Å². The van der Waals surface area contributed by atoms with Gasteiger partial charge in [0.25, 0.3) is 0 Å². The number of para-hydroxylation sites is 2. The average Bonchev–Trinajstić information content (AvgIpc) is 2.83. The van der Waals surface area contributed by atoms with Gasteiger partial charge in [-0.05, 0) is 29.8 Å². The van der Waals surface area contributed by atoms with Crippen molar-refractivity contribution in [3.05, 3.63) is 71.9 Å². The highest BCUT2D eigenvalue weighted by Crippen LogP contribution is 2.48. The van der Waals surface area contributed by atoms with E-state index in [9.17, 15) is 0 Å². The molecule has 0 fully saturated rings. The molecule has 0 saturated carbocycles. The quantitative estimate of drug-likeness (QED) is 0.745. The fourth-order valence-corrected chi connectivity index (χ4v) is 2.98. The van der Waals surface area contributed by atoms with Crippen LogP contribution >= 0.6 is 0 Å². The van der Waals surface area contributed by atoms with Gasteiger partial charge in [0, 0.05) is 29.2 Å². The van der Waals surface area contributed by atoms with Crippen LogP contribution in [-0.2, 0) is 0 Å². The monoisotopic (exact) mass is 246 g/mol. The first-order valence-corrected chi connectivity index (χ1v) is 6.59. The number of benzene rings is 2. The van der Waals surface area contributed by atoms with Gasteiger partial charge in [-0.15, -0.1) is 0 Å². The third-order valence-corrected chi connectivity index (χ3v) is 3.82. The number of rotatable bonds is 1. The number of allylic oxidation sites excluding steroid dienone is 1. The highest BCUT2D eigenvalue weighted by atomic mass is 15.2. The molecule has 92 valence electrons. The number of aliphatic imine (C=N–C) groups is 1. The van der Waals surface area contributed by atoms with Crippen molar-refractivity contribution in [3.8, 4) is 0 Å². The maximum absolute atomic E-state index is 4.42. The van der Waals surface area contributed by atoms with Crippen LogP contribution in [0.5, 0.6) is 0 Å². The van der Waals surface area contributed by atoms with Gasteiger partial charge in [0.05, 0.1) is 6.54 Å². The summed E-state index contributed by atoms with van der Waals surface area (Å²) in [6.45, 7) is 0.853. The smallest absolute Gasteiger partial charge is 0.0514 e. The van der Waals surface area contributed by atoms with Gasteiger partial charge in [0.1, 0.15) is 0 Å². The van der Waals surface area contributed by atoms with Gasteiger partial charge >= 0.3 is 0 Å². The molecule has 2 aliphatic rings. The van der Waals surface area contributed by atoms with Gasteiger partial charge in [-0.2, -0.15) is 0 Å². The molecule has 2 aromatic carbocycles. The molecule has 2 aliphatic heterocycles. The average molecular weight is 246 g/mol. The lowest BCUT2D eigenvalue weighted by atomic mass is 9.97. The highest BCUT2D eigenvalue weighted by Gasteiger charge is 2.34. The third kappa shape index (κ3) is 1.53. The first-order chi connectivity index (χ1) is 9.45. The van der Waals surface area contributed by atoms with E-state index in [1.807, 2.05) is 6.21 Å². The lowest BCUT2D eigenvalue weighted by molar-refractivity contribution is 0.815. The molecular weight excluding hydrogens is 232 g/mol. The van der Waals surface area contributed by atoms with E-state index >= 15 is 0 Å². The SMILES string of the molecule is C1=NCC2C(=C1)N(c1ccccc1)c1ccccc12. The maximum atomic E-state index is 4.42. The second kappa shape index (κ2) is 4.09. The molecule has 0 aliphatic carbocycles. The van der Waals surface area contributed by atoms with Gasteiger partial charge in [-0.3, -0.25) is 4.99 Å². The number of hydrogen-bond acceptors (Lipinski definition) is 2. The first kappa shape index (κ1) is 10.6. The number of hydrogen-bond donors (Lipinski definition) is 0. The van der Waals surface area contributed by atoms with Crippen molar-refractivity contribution < 1.29 is 0 Å². The number of anilines is 2. The summed E-state index contributed by atoms with van der Waals surface area (Å²) in [7, 11) is 0. The Hall–Kier alpha value is -2.35. The summed E-state index contributed by atoms with van der Waals surface area (Å²) in [5, 5.41) is 0. The van der Waals surface area contributed by atoms with Gasteiger partial charge in [-0.25, -0.2) is 0 Å². The largest absolute Gasteiger partial charge is 0.313 e. The van der Waals surface area contributed by atoms with Crippen LogP contribution in [0, 0.1) is 0 Å². The lowest BCUT2D eigenvalue weighted by Crippen LogP contribution is -2.16. The van der Waals surface area contributed by atoms with E-state index < -0.39 is 0 Å². The molecule has 0 bridgehead atoms. The molecule has 0 aromatic heterocycles. The summed E-state index contributed by atoms with van der Waals surface area (Å²) >= 11 is 0. The van der Waals surface area contributed by atoms with Gasteiger partial charge in [0.2, 0.25) is 0 Å².